The summed E-state index contributed by atoms with van der Waals surface area (Å²) in [5, 5.41) is 10.4. The zero-order valence-electron chi connectivity index (χ0n) is 8.17. The highest BCUT2D eigenvalue weighted by molar-refractivity contribution is 5.85. The van der Waals surface area contributed by atoms with E-state index in [1.807, 2.05) is 13.0 Å². The third kappa shape index (κ3) is 1.36. The van der Waals surface area contributed by atoms with Gasteiger partial charge < -0.3 is 15.8 Å². The molecule has 0 amide bonds. The molecule has 2 rings (SSSR count). The number of aromatic nitrogens is 1. The number of aryl methyl sites for hydroxylation is 1. The zero-order chi connectivity index (χ0) is 10.1. The lowest BCUT2D eigenvalue weighted by Crippen LogP contribution is -2.03. The van der Waals surface area contributed by atoms with Crippen molar-refractivity contribution < 1.29 is 5.11 Å². The molecule has 0 spiro atoms. The van der Waals surface area contributed by atoms with Gasteiger partial charge in [0.25, 0.3) is 0 Å². The van der Waals surface area contributed by atoms with E-state index in [1.165, 1.54) is 5.56 Å². The zero-order valence-corrected chi connectivity index (χ0v) is 8.17. The number of aromatic hydroxyl groups is 1. The summed E-state index contributed by atoms with van der Waals surface area (Å²) in [5.41, 5.74) is 8.91. The number of nitrogens with one attached hydrogen (secondary N) is 1. The van der Waals surface area contributed by atoms with Gasteiger partial charge in [0.1, 0.15) is 5.75 Å². The minimum Gasteiger partial charge on any atom is -0.508 e. The van der Waals surface area contributed by atoms with Crippen molar-refractivity contribution in [1.29, 1.82) is 0 Å². The summed E-state index contributed by atoms with van der Waals surface area (Å²) >= 11 is 0. The van der Waals surface area contributed by atoms with Gasteiger partial charge in [-0.1, -0.05) is 0 Å². The lowest BCUT2D eigenvalue weighted by molar-refractivity contribution is 0.476. The molecule has 0 atom stereocenters. The Bertz CT molecular complexity index is 460. The lowest BCUT2D eigenvalue weighted by atomic mass is 10.1. The first kappa shape index (κ1) is 9.09. The van der Waals surface area contributed by atoms with Crippen LogP contribution >= 0.6 is 0 Å². The number of phenolic OH excluding ortho intramolecular Hbond substituents is 1. The summed E-state index contributed by atoms with van der Waals surface area (Å²) in [4.78, 5) is 3.30. The average Bonchev–Trinajstić information content (AvgIpc) is 2.46. The number of rotatable bonds is 2. The van der Waals surface area contributed by atoms with Crippen molar-refractivity contribution in [2.45, 2.75) is 13.3 Å². The summed E-state index contributed by atoms with van der Waals surface area (Å²) in [6.45, 7) is 2.68. The highest BCUT2D eigenvalue weighted by atomic mass is 16.3. The van der Waals surface area contributed by atoms with Crippen LogP contribution in [0.2, 0.25) is 0 Å². The predicted molar refractivity (Wildman–Crippen MR) is 57.5 cm³/mol. The van der Waals surface area contributed by atoms with Crippen LogP contribution in [0, 0.1) is 6.92 Å². The Morgan fingerprint density at radius 1 is 1.43 bits per heavy atom. The second kappa shape index (κ2) is 3.35. The standard InChI is InChI=1S/C11H14N2O/c1-7-9-6-8(14)2-3-11(9)13-10(7)4-5-12/h2-3,6,13-14H,4-5,12H2,1H3. The normalized spacial score (nSPS) is 11.0. The van der Waals surface area contributed by atoms with E-state index in [0.717, 1.165) is 23.0 Å². The molecule has 0 fully saturated rings. The molecule has 0 radical (unpaired) electrons. The molecule has 0 unspecified atom stereocenters. The van der Waals surface area contributed by atoms with E-state index in [-0.39, 0.29) is 0 Å². The number of fused-ring (bicyclic) bond motifs is 1. The third-order valence-corrected chi connectivity index (χ3v) is 2.54. The molecule has 0 saturated carbocycles. The number of H-pyrrole nitrogens is 1. The molecule has 1 aromatic heterocycles. The molecule has 4 N–H and O–H groups in total. The summed E-state index contributed by atoms with van der Waals surface area (Å²) in [6, 6.07) is 5.35. The van der Waals surface area contributed by atoms with Crippen LogP contribution in [-0.4, -0.2) is 16.6 Å². The van der Waals surface area contributed by atoms with Crippen LogP contribution in [0.3, 0.4) is 0 Å². The topological polar surface area (TPSA) is 62.0 Å². The van der Waals surface area contributed by atoms with Crippen molar-refractivity contribution in [3.63, 3.8) is 0 Å². The molecule has 2 aromatic rings. The van der Waals surface area contributed by atoms with Gasteiger partial charge in [-0.15, -0.1) is 0 Å². The van der Waals surface area contributed by atoms with Crippen molar-refractivity contribution in [2.24, 2.45) is 5.73 Å². The first-order valence-corrected chi connectivity index (χ1v) is 4.72. The van der Waals surface area contributed by atoms with Crippen LogP contribution in [0.4, 0.5) is 0 Å². The van der Waals surface area contributed by atoms with Crippen molar-refractivity contribution in [2.75, 3.05) is 6.54 Å². The maximum absolute atomic E-state index is 9.36. The summed E-state index contributed by atoms with van der Waals surface area (Å²) < 4.78 is 0. The van der Waals surface area contributed by atoms with Crippen LogP contribution in [0.1, 0.15) is 11.3 Å². The van der Waals surface area contributed by atoms with Crippen LogP contribution < -0.4 is 5.73 Å². The monoisotopic (exact) mass is 190 g/mol. The average molecular weight is 190 g/mol. The Hall–Kier alpha value is -1.48. The van der Waals surface area contributed by atoms with E-state index >= 15 is 0 Å². The van der Waals surface area contributed by atoms with Crippen molar-refractivity contribution >= 4 is 10.9 Å². The van der Waals surface area contributed by atoms with Gasteiger partial charge in [-0.3, -0.25) is 0 Å². The molecule has 0 bridgehead atoms. The lowest BCUT2D eigenvalue weighted by Gasteiger charge is -1.95. The first-order valence-electron chi connectivity index (χ1n) is 4.72. The second-order valence-electron chi connectivity index (χ2n) is 3.50. The fourth-order valence-corrected chi connectivity index (χ4v) is 1.76. The Morgan fingerprint density at radius 2 is 2.21 bits per heavy atom. The fourth-order valence-electron chi connectivity index (χ4n) is 1.76. The summed E-state index contributed by atoms with van der Waals surface area (Å²) in [7, 11) is 0. The van der Waals surface area contributed by atoms with Crippen LogP contribution in [0.25, 0.3) is 10.9 Å². The van der Waals surface area contributed by atoms with E-state index in [0.29, 0.717) is 12.3 Å². The Kier molecular flexibility index (Phi) is 2.17. The summed E-state index contributed by atoms with van der Waals surface area (Å²) in [6.07, 6.45) is 0.848. The van der Waals surface area contributed by atoms with E-state index in [2.05, 4.69) is 4.98 Å². The molecular weight excluding hydrogens is 176 g/mol. The molecule has 0 aliphatic carbocycles. The highest BCUT2D eigenvalue weighted by Gasteiger charge is 2.06. The molecule has 3 nitrogen and oxygen atoms in total. The molecular formula is C11H14N2O. The van der Waals surface area contributed by atoms with E-state index in [1.54, 1.807) is 12.1 Å². The van der Waals surface area contributed by atoms with Crippen LogP contribution in [0.5, 0.6) is 5.75 Å². The minimum atomic E-state index is 0.305. The number of benzene rings is 1. The SMILES string of the molecule is Cc1c(CCN)[nH]c2ccc(O)cc12. The van der Waals surface area contributed by atoms with Gasteiger partial charge in [0, 0.05) is 23.0 Å². The Morgan fingerprint density at radius 3 is 2.93 bits per heavy atom. The van der Waals surface area contributed by atoms with E-state index < -0.39 is 0 Å². The first-order chi connectivity index (χ1) is 6.72. The number of hydrogen-bond acceptors (Lipinski definition) is 2. The van der Waals surface area contributed by atoms with Gasteiger partial charge in [-0.25, -0.2) is 0 Å². The molecule has 1 heterocycles. The van der Waals surface area contributed by atoms with Crippen molar-refractivity contribution in [3.8, 4) is 5.75 Å². The van der Waals surface area contributed by atoms with Crippen LogP contribution in [-0.2, 0) is 6.42 Å². The van der Waals surface area contributed by atoms with E-state index in [4.69, 9.17) is 5.73 Å². The van der Waals surface area contributed by atoms with Gasteiger partial charge in [0.15, 0.2) is 0 Å². The largest absolute Gasteiger partial charge is 0.508 e. The molecule has 0 aliphatic heterocycles. The molecule has 14 heavy (non-hydrogen) atoms. The van der Waals surface area contributed by atoms with E-state index in [9.17, 15) is 5.11 Å². The highest BCUT2D eigenvalue weighted by Crippen LogP contribution is 2.25. The smallest absolute Gasteiger partial charge is 0.116 e. The number of phenols is 1. The fraction of sp³-hybridized carbons (Fsp3) is 0.273. The van der Waals surface area contributed by atoms with Crippen molar-refractivity contribution in [1.82, 2.24) is 4.98 Å². The minimum absolute atomic E-state index is 0.305. The van der Waals surface area contributed by atoms with Gasteiger partial charge in [-0.05, 0) is 37.2 Å². The Balaban J connectivity index is 2.62. The predicted octanol–water partition coefficient (Wildman–Crippen LogP) is 1.68. The maximum atomic E-state index is 9.36. The summed E-state index contributed by atoms with van der Waals surface area (Å²) in [5.74, 6) is 0.305. The molecule has 1 aromatic carbocycles. The molecule has 0 aliphatic rings. The molecule has 3 heteroatoms. The number of hydrogen-bond donors (Lipinski definition) is 3. The molecule has 74 valence electrons. The molecule has 0 saturated heterocycles. The Labute approximate surface area is 82.6 Å². The number of nitrogens with two attached hydrogens (primary N) is 1. The van der Waals surface area contributed by atoms with Crippen molar-refractivity contribution in [3.05, 3.63) is 29.5 Å². The quantitative estimate of drug-likeness (QED) is 0.674. The second-order valence-corrected chi connectivity index (χ2v) is 3.50. The number of aromatic amines is 1. The van der Waals surface area contributed by atoms with Gasteiger partial charge in [0.05, 0.1) is 0 Å². The maximum Gasteiger partial charge on any atom is 0.116 e. The van der Waals surface area contributed by atoms with Gasteiger partial charge in [0.2, 0.25) is 0 Å². The third-order valence-electron chi connectivity index (χ3n) is 2.54. The van der Waals surface area contributed by atoms with Gasteiger partial charge >= 0.3 is 0 Å². The van der Waals surface area contributed by atoms with Gasteiger partial charge in [-0.2, -0.15) is 0 Å². The van der Waals surface area contributed by atoms with Crippen LogP contribution in [0.15, 0.2) is 18.2 Å².